The Morgan fingerprint density at radius 3 is 2.43 bits per heavy atom. The topological polar surface area (TPSA) is 83.5 Å². The second kappa shape index (κ2) is 5.32. The normalized spacial score (nSPS) is 23.0. The molecule has 1 rings (SSSR count). The molecule has 0 spiro atoms. The number of carboxylic acid groups (broad SMARTS) is 1. The molecule has 1 aliphatic carbocycles. The van der Waals surface area contributed by atoms with E-state index in [4.69, 9.17) is 10.8 Å². The van der Waals surface area contributed by atoms with Gasteiger partial charge in [0.2, 0.25) is 0 Å². The SMILES string of the molecule is NC(CC(O)C1CCCCC1)C(=O)O. The molecular formula is C10H19NO3. The molecule has 0 amide bonds. The molecule has 0 aliphatic heterocycles. The van der Waals surface area contributed by atoms with Crippen LogP contribution in [0, 0.1) is 5.92 Å². The summed E-state index contributed by atoms with van der Waals surface area (Å²) in [6.07, 6.45) is 5.17. The van der Waals surface area contributed by atoms with Gasteiger partial charge in [-0.15, -0.1) is 0 Å². The molecule has 0 aromatic carbocycles. The van der Waals surface area contributed by atoms with E-state index >= 15 is 0 Å². The fourth-order valence-corrected chi connectivity index (χ4v) is 2.07. The molecule has 4 heteroatoms. The minimum absolute atomic E-state index is 0.181. The Labute approximate surface area is 84.1 Å². The largest absolute Gasteiger partial charge is 0.480 e. The van der Waals surface area contributed by atoms with Crippen LogP contribution in [0.5, 0.6) is 0 Å². The number of aliphatic hydroxyl groups excluding tert-OH is 1. The summed E-state index contributed by atoms with van der Waals surface area (Å²) in [6.45, 7) is 0. The summed E-state index contributed by atoms with van der Waals surface area (Å²) in [5, 5.41) is 18.3. The maximum atomic E-state index is 10.5. The zero-order chi connectivity index (χ0) is 10.6. The van der Waals surface area contributed by atoms with Crippen LogP contribution in [-0.4, -0.2) is 28.3 Å². The minimum Gasteiger partial charge on any atom is -0.480 e. The molecule has 82 valence electrons. The smallest absolute Gasteiger partial charge is 0.320 e. The molecule has 0 aromatic heterocycles. The van der Waals surface area contributed by atoms with Crippen LogP contribution in [0.1, 0.15) is 38.5 Å². The average Bonchev–Trinajstić information content (AvgIpc) is 2.19. The summed E-state index contributed by atoms with van der Waals surface area (Å²) in [5.41, 5.74) is 5.36. The maximum absolute atomic E-state index is 10.5. The van der Waals surface area contributed by atoms with Gasteiger partial charge in [0.25, 0.3) is 0 Å². The third kappa shape index (κ3) is 3.27. The number of nitrogens with two attached hydrogens (primary N) is 1. The van der Waals surface area contributed by atoms with Gasteiger partial charge >= 0.3 is 5.97 Å². The van der Waals surface area contributed by atoms with Crippen LogP contribution in [0.25, 0.3) is 0 Å². The van der Waals surface area contributed by atoms with Crippen LogP contribution in [0.4, 0.5) is 0 Å². The van der Waals surface area contributed by atoms with Crippen LogP contribution < -0.4 is 5.73 Å². The van der Waals surface area contributed by atoms with E-state index in [1.807, 2.05) is 0 Å². The molecule has 14 heavy (non-hydrogen) atoms. The second-order valence-corrected chi connectivity index (χ2v) is 4.15. The lowest BCUT2D eigenvalue weighted by molar-refractivity contribution is -0.139. The molecular weight excluding hydrogens is 182 g/mol. The second-order valence-electron chi connectivity index (χ2n) is 4.15. The van der Waals surface area contributed by atoms with E-state index in [9.17, 15) is 9.90 Å². The van der Waals surface area contributed by atoms with Crippen molar-refractivity contribution in [3.63, 3.8) is 0 Å². The lowest BCUT2D eigenvalue weighted by Crippen LogP contribution is -2.37. The summed E-state index contributed by atoms with van der Waals surface area (Å²) in [5.74, 6) is -0.769. The van der Waals surface area contributed by atoms with Gasteiger partial charge in [-0.2, -0.15) is 0 Å². The van der Waals surface area contributed by atoms with Crippen LogP contribution in [0.3, 0.4) is 0 Å². The predicted octanol–water partition coefficient (Wildman–Crippen LogP) is 0.730. The van der Waals surface area contributed by atoms with Gasteiger partial charge in [0.1, 0.15) is 6.04 Å². The molecule has 4 N–H and O–H groups in total. The molecule has 2 atom stereocenters. The number of hydrogen-bond acceptors (Lipinski definition) is 3. The van der Waals surface area contributed by atoms with Crippen molar-refractivity contribution in [1.82, 2.24) is 0 Å². The van der Waals surface area contributed by atoms with Crippen molar-refractivity contribution >= 4 is 5.97 Å². The monoisotopic (exact) mass is 201 g/mol. The Balaban J connectivity index is 2.32. The van der Waals surface area contributed by atoms with Gasteiger partial charge in [-0.25, -0.2) is 0 Å². The molecule has 0 aromatic rings. The number of carbonyl (C=O) groups is 1. The van der Waals surface area contributed by atoms with Crippen molar-refractivity contribution in [2.24, 2.45) is 11.7 Å². The molecule has 0 saturated heterocycles. The van der Waals surface area contributed by atoms with E-state index in [0.29, 0.717) is 0 Å². The molecule has 4 nitrogen and oxygen atoms in total. The van der Waals surface area contributed by atoms with Crippen LogP contribution in [-0.2, 0) is 4.79 Å². The molecule has 0 heterocycles. The first-order valence-corrected chi connectivity index (χ1v) is 5.27. The Kier molecular flexibility index (Phi) is 4.35. The highest BCUT2D eigenvalue weighted by atomic mass is 16.4. The summed E-state index contributed by atoms with van der Waals surface area (Å²) in [4.78, 5) is 10.5. The summed E-state index contributed by atoms with van der Waals surface area (Å²) in [7, 11) is 0. The molecule has 1 saturated carbocycles. The first kappa shape index (κ1) is 11.5. The first-order valence-electron chi connectivity index (χ1n) is 5.27. The van der Waals surface area contributed by atoms with E-state index in [0.717, 1.165) is 25.7 Å². The quantitative estimate of drug-likeness (QED) is 0.626. The van der Waals surface area contributed by atoms with Gasteiger partial charge in [-0.05, 0) is 25.2 Å². The summed E-state index contributed by atoms with van der Waals surface area (Å²) in [6, 6.07) is -0.924. The Morgan fingerprint density at radius 1 is 1.36 bits per heavy atom. The van der Waals surface area contributed by atoms with E-state index in [1.165, 1.54) is 6.42 Å². The van der Waals surface area contributed by atoms with E-state index in [-0.39, 0.29) is 12.3 Å². The van der Waals surface area contributed by atoms with Crippen molar-refractivity contribution in [3.8, 4) is 0 Å². The van der Waals surface area contributed by atoms with E-state index in [2.05, 4.69) is 0 Å². The van der Waals surface area contributed by atoms with E-state index in [1.54, 1.807) is 0 Å². The number of carboxylic acids is 1. The van der Waals surface area contributed by atoms with Crippen LogP contribution >= 0.6 is 0 Å². The van der Waals surface area contributed by atoms with Gasteiger partial charge in [-0.1, -0.05) is 19.3 Å². The van der Waals surface area contributed by atoms with Gasteiger partial charge in [0.05, 0.1) is 6.10 Å². The third-order valence-corrected chi connectivity index (χ3v) is 3.01. The maximum Gasteiger partial charge on any atom is 0.320 e. The average molecular weight is 201 g/mol. The van der Waals surface area contributed by atoms with Gasteiger partial charge in [0.15, 0.2) is 0 Å². The number of hydrogen-bond donors (Lipinski definition) is 3. The fraction of sp³-hybridized carbons (Fsp3) is 0.900. The molecule has 1 aliphatic rings. The first-order chi connectivity index (χ1) is 6.61. The molecule has 0 radical (unpaired) electrons. The Hall–Kier alpha value is -0.610. The zero-order valence-electron chi connectivity index (χ0n) is 8.35. The predicted molar refractivity (Wildman–Crippen MR) is 52.8 cm³/mol. The third-order valence-electron chi connectivity index (χ3n) is 3.01. The molecule has 2 unspecified atom stereocenters. The van der Waals surface area contributed by atoms with Crippen LogP contribution in [0.15, 0.2) is 0 Å². The fourth-order valence-electron chi connectivity index (χ4n) is 2.07. The van der Waals surface area contributed by atoms with Crippen molar-refractivity contribution in [2.75, 3.05) is 0 Å². The van der Waals surface area contributed by atoms with E-state index < -0.39 is 18.1 Å². The van der Waals surface area contributed by atoms with Crippen LogP contribution in [0.2, 0.25) is 0 Å². The highest BCUT2D eigenvalue weighted by Crippen LogP contribution is 2.27. The lowest BCUT2D eigenvalue weighted by atomic mass is 9.83. The Morgan fingerprint density at radius 2 is 1.93 bits per heavy atom. The summed E-state index contributed by atoms with van der Waals surface area (Å²) >= 11 is 0. The number of rotatable bonds is 4. The summed E-state index contributed by atoms with van der Waals surface area (Å²) < 4.78 is 0. The standard InChI is InChI=1S/C10H19NO3/c11-8(10(13)14)6-9(12)7-4-2-1-3-5-7/h7-9,12H,1-6,11H2,(H,13,14). The lowest BCUT2D eigenvalue weighted by Gasteiger charge is -2.27. The Bertz CT molecular complexity index is 190. The zero-order valence-corrected chi connectivity index (χ0v) is 8.35. The number of aliphatic hydroxyl groups is 1. The van der Waals surface area contributed by atoms with Gasteiger partial charge < -0.3 is 15.9 Å². The minimum atomic E-state index is -1.03. The van der Waals surface area contributed by atoms with Gasteiger partial charge in [-0.3, -0.25) is 4.79 Å². The number of aliphatic carboxylic acids is 1. The molecule has 1 fully saturated rings. The highest BCUT2D eigenvalue weighted by molar-refractivity contribution is 5.73. The van der Waals surface area contributed by atoms with Crippen molar-refractivity contribution in [3.05, 3.63) is 0 Å². The van der Waals surface area contributed by atoms with Crippen molar-refractivity contribution in [1.29, 1.82) is 0 Å². The molecule has 0 bridgehead atoms. The van der Waals surface area contributed by atoms with Crippen molar-refractivity contribution < 1.29 is 15.0 Å². The van der Waals surface area contributed by atoms with Crippen molar-refractivity contribution in [2.45, 2.75) is 50.7 Å². The highest BCUT2D eigenvalue weighted by Gasteiger charge is 2.25. The van der Waals surface area contributed by atoms with Gasteiger partial charge in [0, 0.05) is 0 Å².